The van der Waals surface area contributed by atoms with Crippen molar-refractivity contribution in [3.05, 3.63) is 0 Å². The van der Waals surface area contributed by atoms with E-state index < -0.39 is 11.4 Å². The third kappa shape index (κ3) is 5.97. The van der Waals surface area contributed by atoms with Gasteiger partial charge in [0, 0.05) is 13.2 Å². The minimum absolute atomic E-state index is 0.534. The highest BCUT2D eigenvalue weighted by molar-refractivity contribution is 5.73. The molecule has 14 heavy (non-hydrogen) atoms. The number of hydrogen-bond acceptors (Lipinski definition) is 2. The van der Waals surface area contributed by atoms with Crippen LogP contribution in [-0.2, 0) is 9.53 Å². The van der Waals surface area contributed by atoms with E-state index in [1.807, 2.05) is 0 Å². The van der Waals surface area contributed by atoms with E-state index in [4.69, 9.17) is 9.84 Å². The number of rotatable bonds is 7. The maximum atomic E-state index is 10.7. The first-order valence-electron chi connectivity index (χ1n) is 5.17. The zero-order valence-electron chi connectivity index (χ0n) is 9.67. The van der Waals surface area contributed by atoms with Crippen LogP contribution in [0.25, 0.3) is 0 Å². The molecule has 0 aromatic carbocycles. The monoisotopic (exact) mass is 202 g/mol. The summed E-state index contributed by atoms with van der Waals surface area (Å²) in [5, 5.41) is 8.83. The fourth-order valence-corrected chi connectivity index (χ4v) is 0.855. The first-order chi connectivity index (χ1) is 6.36. The molecule has 0 bridgehead atoms. The second-order valence-electron chi connectivity index (χ2n) is 4.73. The Morgan fingerprint density at radius 3 is 2.36 bits per heavy atom. The number of carboxylic acid groups (broad SMARTS) is 1. The second-order valence-corrected chi connectivity index (χ2v) is 4.73. The predicted octanol–water partition coefficient (Wildman–Crippen LogP) is 2.55. The molecule has 0 amide bonds. The van der Waals surface area contributed by atoms with E-state index in [-0.39, 0.29) is 0 Å². The number of aliphatic carboxylic acids is 1. The summed E-state index contributed by atoms with van der Waals surface area (Å²) >= 11 is 0. The van der Waals surface area contributed by atoms with E-state index in [0.717, 1.165) is 13.0 Å². The zero-order chi connectivity index (χ0) is 11.2. The second kappa shape index (κ2) is 6.02. The summed E-state index contributed by atoms with van der Waals surface area (Å²) in [5.74, 6) is -0.118. The highest BCUT2D eigenvalue weighted by Crippen LogP contribution is 2.20. The van der Waals surface area contributed by atoms with Crippen molar-refractivity contribution in [3.8, 4) is 0 Å². The van der Waals surface area contributed by atoms with Crippen molar-refractivity contribution in [3.63, 3.8) is 0 Å². The van der Waals surface area contributed by atoms with Crippen molar-refractivity contribution >= 4 is 5.97 Å². The number of hydrogen-bond donors (Lipinski definition) is 1. The van der Waals surface area contributed by atoms with E-state index in [1.54, 1.807) is 13.8 Å². The molecular formula is C11H22O3. The summed E-state index contributed by atoms with van der Waals surface area (Å²) in [6, 6.07) is 0. The Kier molecular flexibility index (Phi) is 5.77. The molecule has 0 aromatic heterocycles. The number of ether oxygens (including phenoxy) is 1. The molecule has 84 valence electrons. The van der Waals surface area contributed by atoms with E-state index in [2.05, 4.69) is 13.8 Å². The van der Waals surface area contributed by atoms with Gasteiger partial charge in [-0.1, -0.05) is 13.8 Å². The summed E-state index contributed by atoms with van der Waals surface area (Å²) in [5.41, 5.74) is -0.669. The lowest BCUT2D eigenvalue weighted by molar-refractivity contribution is -0.148. The Labute approximate surface area is 86.5 Å². The molecule has 3 heteroatoms. The Balaban J connectivity index is 3.49. The standard InChI is InChI=1S/C11H22O3/c1-9(2)5-7-14-8-6-11(3,4)10(12)13/h9H,5-8H2,1-4H3,(H,12,13). The van der Waals surface area contributed by atoms with Crippen LogP contribution < -0.4 is 0 Å². The van der Waals surface area contributed by atoms with Gasteiger partial charge < -0.3 is 9.84 Å². The fraction of sp³-hybridized carbons (Fsp3) is 0.909. The van der Waals surface area contributed by atoms with Crippen molar-refractivity contribution in [2.75, 3.05) is 13.2 Å². The predicted molar refractivity (Wildman–Crippen MR) is 56.3 cm³/mol. The molecule has 0 heterocycles. The Bertz CT molecular complexity index is 173. The summed E-state index contributed by atoms with van der Waals surface area (Å²) in [6.45, 7) is 9.00. The Hall–Kier alpha value is -0.570. The lowest BCUT2D eigenvalue weighted by Crippen LogP contribution is -2.25. The van der Waals surface area contributed by atoms with Gasteiger partial charge in [0.2, 0.25) is 0 Å². The average molecular weight is 202 g/mol. The van der Waals surface area contributed by atoms with E-state index >= 15 is 0 Å². The SMILES string of the molecule is CC(C)CCOCCC(C)(C)C(=O)O. The molecule has 0 aliphatic heterocycles. The molecule has 0 saturated heterocycles. The Morgan fingerprint density at radius 2 is 1.93 bits per heavy atom. The van der Waals surface area contributed by atoms with Crippen LogP contribution in [-0.4, -0.2) is 24.3 Å². The van der Waals surface area contributed by atoms with Crippen LogP contribution in [0.4, 0.5) is 0 Å². The first-order valence-corrected chi connectivity index (χ1v) is 5.17. The van der Waals surface area contributed by atoms with Gasteiger partial charge in [-0.15, -0.1) is 0 Å². The Morgan fingerprint density at radius 1 is 1.36 bits per heavy atom. The average Bonchev–Trinajstić information content (AvgIpc) is 2.02. The van der Waals surface area contributed by atoms with Crippen LogP contribution in [0.5, 0.6) is 0 Å². The molecule has 0 fully saturated rings. The van der Waals surface area contributed by atoms with Gasteiger partial charge in [-0.2, -0.15) is 0 Å². The van der Waals surface area contributed by atoms with Crippen molar-refractivity contribution in [2.24, 2.45) is 11.3 Å². The number of carbonyl (C=O) groups is 1. The molecule has 0 saturated carbocycles. The fourth-order valence-electron chi connectivity index (χ4n) is 0.855. The molecule has 0 radical (unpaired) electrons. The molecule has 0 aliphatic rings. The maximum absolute atomic E-state index is 10.7. The summed E-state index contributed by atoms with van der Waals surface area (Å²) < 4.78 is 5.37. The van der Waals surface area contributed by atoms with Crippen LogP contribution >= 0.6 is 0 Å². The van der Waals surface area contributed by atoms with Crippen LogP contribution in [0.15, 0.2) is 0 Å². The third-order valence-corrected chi connectivity index (χ3v) is 2.29. The first kappa shape index (κ1) is 13.4. The molecule has 0 unspecified atom stereocenters. The van der Waals surface area contributed by atoms with Crippen LogP contribution in [0, 0.1) is 11.3 Å². The maximum Gasteiger partial charge on any atom is 0.309 e. The van der Waals surface area contributed by atoms with Gasteiger partial charge in [0.15, 0.2) is 0 Å². The van der Waals surface area contributed by atoms with E-state index in [1.165, 1.54) is 0 Å². The van der Waals surface area contributed by atoms with Gasteiger partial charge in [0.25, 0.3) is 0 Å². The van der Waals surface area contributed by atoms with E-state index in [0.29, 0.717) is 18.9 Å². The molecule has 0 aliphatic carbocycles. The third-order valence-electron chi connectivity index (χ3n) is 2.29. The molecule has 0 atom stereocenters. The lowest BCUT2D eigenvalue weighted by atomic mass is 9.90. The van der Waals surface area contributed by atoms with Crippen molar-refractivity contribution in [1.82, 2.24) is 0 Å². The van der Waals surface area contributed by atoms with Crippen molar-refractivity contribution in [2.45, 2.75) is 40.5 Å². The van der Waals surface area contributed by atoms with Crippen LogP contribution in [0.3, 0.4) is 0 Å². The minimum atomic E-state index is -0.759. The molecule has 3 nitrogen and oxygen atoms in total. The normalized spacial score (nSPS) is 12.1. The molecule has 0 aromatic rings. The van der Waals surface area contributed by atoms with Gasteiger partial charge in [-0.05, 0) is 32.6 Å². The van der Waals surface area contributed by atoms with Gasteiger partial charge in [-0.3, -0.25) is 4.79 Å². The molecule has 0 rings (SSSR count). The molecule has 0 spiro atoms. The lowest BCUT2D eigenvalue weighted by Gasteiger charge is -2.18. The largest absolute Gasteiger partial charge is 0.481 e. The van der Waals surface area contributed by atoms with Crippen LogP contribution in [0.2, 0.25) is 0 Å². The topological polar surface area (TPSA) is 46.5 Å². The minimum Gasteiger partial charge on any atom is -0.481 e. The van der Waals surface area contributed by atoms with E-state index in [9.17, 15) is 4.79 Å². The van der Waals surface area contributed by atoms with Crippen molar-refractivity contribution < 1.29 is 14.6 Å². The van der Waals surface area contributed by atoms with Gasteiger partial charge in [0.1, 0.15) is 0 Å². The quantitative estimate of drug-likeness (QED) is 0.645. The smallest absolute Gasteiger partial charge is 0.309 e. The number of carboxylic acids is 1. The highest BCUT2D eigenvalue weighted by atomic mass is 16.5. The highest BCUT2D eigenvalue weighted by Gasteiger charge is 2.26. The molecule has 1 N–H and O–H groups in total. The van der Waals surface area contributed by atoms with Gasteiger partial charge in [0.05, 0.1) is 5.41 Å². The van der Waals surface area contributed by atoms with Gasteiger partial charge in [-0.25, -0.2) is 0 Å². The summed E-state index contributed by atoms with van der Waals surface area (Å²) in [7, 11) is 0. The summed E-state index contributed by atoms with van der Waals surface area (Å²) in [6.07, 6.45) is 1.61. The van der Waals surface area contributed by atoms with Crippen molar-refractivity contribution in [1.29, 1.82) is 0 Å². The summed E-state index contributed by atoms with van der Waals surface area (Å²) in [4.78, 5) is 10.7. The molecular weight excluding hydrogens is 180 g/mol. The zero-order valence-corrected chi connectivity index (χ0v) is 9.67. The van der Waals surface area contributed by atoms with Gasteiger partial charge >= 0.3 is 5.97 Å². The van der Waals surface area contributed by atoms with Crippen LogP contribution in [0.1, 0.15) is 40.5 Å².